The Morgan fingerprint density at radius 3 is 2.52 bits per heavy atom. The van der Waals surface area contributed by atoms with Crippen molar-refractivity contribution in [3.63, 3.8) is 0 Å². The van der Waals surface area contributed by atoms with Gasteiger partial charge in [0.1, 0.15) is 5.54 Å². The van der Waals surface area contributed by atoms with Gasteiger partial charge in [-0.1, -0.05) is 19.4 Å². The van der Waals surface area contributed by atoms with Gasteiger partial charge in [0.25, 0.3) is 0 Å². The number of aliphatic carboxylic acids is 1. The summed E-state index contributed by atoms with van der Waals surface area (Å²) >= 11 is 0. The summed E-state index contributed by atoms with van der Waals surface area (Å²) in [6, 6.07) is -0.295. The minimum absolute atomic E-state index is 0.295. The van der Waals surface area contributed by atoms with E-state index in [0.717, 1.165) is 32.1 Å². The number of carbonyl (C=O) groups excluding carboxylic acids is 1. The molecule has 0 aromatic heterocycles. The molecule has 1 aliphatic rings. The molecule has 0 bridgehead atoms. The van der Waals surface area contributed by atoms with Crippen LogP contribution >= 0.6 is 0 Å². The van der Waals surface area contributed by atoms with E-state index in [2.05, 4.69) is 18.8 Å². The summed E-state index contributed by atoms with van der Waals surface area (Å²) < 4.78 is 0. The number of amides is 2. The van der Waals surface area contributed by atoms with Gasteiger partial charge in [0.05, 0.1) is 0 Å². The van der Waals surface area contributed by atoms with Crippen molar-refractivity contribution >= 4 is 12.0 Å². The molecule has 0 unspecified atom stereocenters. The van der Waals surface area contributed by atoms with E-state index >= 15 is 0 Å². The lowest BCUT2D eigenvalue weighted by Crippen LogP contribution is -2.58. The van der Waals surface area contributed by atoms with Crippen molar-refractivity contribution in [2.45, 2.75) is 57.4 Å². The smallest absolute Gasteiger partial charge is 0.329 e. The summed E-state index contributed by atoms with van der Waals surface area (Å²) in [4.78, 5) is 25.4. The molecule has 5 nitrogen and oxygen atoms in total. The molecular weight excluding hydrogens is 268 g/mol. The predicted molar refractivity (Wildman–Crippen MR) is 83.2 cm³/mol. The van der Waals surface area contributed by atoms with Crippen molar-refractivity contribution in [1.82, 2.24) is 10.2 Å². The number of nitrogens with one attached hydrogen (secondary N) is 1. The standard InChI is InChI=1S/C16H28N2O3/c1-4-6-7-12-18(3)15(21)17-16(14(19)20)10-8-13(5-2)9-11-16/h4,13H,1,5-12H2,2-3H3,(H,17,21)(H,19,20). The number of hydrogen-bond donors (Lipinski definition) is 2. The molecule has 1 rings (SSSR count). The van der Waals surface area contributed by atoms with Crippen molar-refractivity contribution < 1.29 is 14.7 Å². The highest BCUT2D eigenvalue weighted by Crippen LogP contribution is 2.34. The van der Waals surface area contributed by atoms with Crippen molar-refractivity contribution in [2.75, 3.05) is 13.6 Å². The summed E-state index contributed by atoms with van der Waals surface area (Å²) in [5.74, 6) is -0.329. The minimum Gasteiger partial charge on any atom is -0.480 e. The van der Waals surface area contributed by atoms with Crippen LogP contribution in [0.2, 0.25) is 0 Å². The summed E-state index contributed by atoms with van der Waals surface area (Å²) in [6.07, 6.45) is 7.35. The largest absolute Gasteiger partial charge is 0.480 e. The lowest BCUT2D eigenvalue weighted by Gasteiger charge is -2.38. The van der Waals surface area contributed by atoms with Crippen LogP contribution in [-0.2, 0) is 4.79 Å². The molecule has 0 saturated heterocycles. The first-order valence-corrected chi connectivity index (χ1v) is 7.82. The first-order chi connectivity index (χ1) is 9.95. The second kappa shape index (κ2) is 8.05. The van der Waals surface area contributed by atoms with Crippen LogP contribution in [0.25, 0.3) is 0 Å². The maximum Gasteiger partial charge on any atom is 0.329 e. The number of urea groups is 1. The zero-order valence-corrected chi connectivity index (χ0v) is 13.2. The number of nitrogens with zero attached hydrogens (tertiary/aromatic N) is 1. The molecule has 0 aromatic carbocycles. The molecular formula is C16H28N2O3. The third-order valence-corrected chi connectivity index (χ3v) is 4.54. The Morgan fingerprint density at radius 1 is 1.43 bits per heavy atom. The maximum absolute atomic E-state index is 12.2. The maximum atomic E-state index is 12.2. The summed E-state index contributed by atoms with van der Waals surface area (Å²) in [5.41, 5.74) is -1.09. The molecule has 0 aromatic rings. The lowest BCUT2D eigenvalue weighted by atomic mass is 9.75. The van der Waals surface area contributed by atoms with Gasteiger partial charge in [0.2, 0.25) is 0 Å². The highest BCUT2D eigenvalue weighted by molar-refractivity contribution is 5.86. The van der Waals surface area contributed by atoms with Gasteiger partial charge in [-0.25, -0.2) is 9.59 Å². The molecule has 0 spiro atoms. The van der Waals surface area contributed by atoms with Crippen LogP contribution < -0.4 is 5.32 Å². The van der Waals surface area contributed by atoms with Crippen LogP contribution in [0.5, 0.6) is 0 Å². The minimum atomic E-state index is -1.09. The summed E-state index contributed by atoms with van der Waals surface area (Å²) in [5, 5.41) is 12.3. The van der Waals surface area contributed by atoms with E-state index in [1.54, 1.807) is 11.9 Å². The van der Waals surface area contributed by atoms with Gasteiger partial charge in [0.15, 0.2) is 0 Å². The van der Waals surface area contributed by atoms with E-state index in [9.17, 15) is 14.7 Å². The van der Waals surface area contributed by atoms with E-state index in [1.165, 1.54) is 0 Å². The molecule has 1 fully saturated rings. The fraction of sp³-hybridized carbons (Fsp3) is 0.750. The SMILES string of the molecule is C=CCCCN(C)C(=O)NC1(C(=O)O)CCC(CC)CC1. The van der Waals surface area contributed by atoms with Crippen molar-refractivity contribution in [3.05, 3.63) is 12.7 Å². The molecule has 0 aliphatic heterocycles. The fourth-order valence-corrected chi connectivity index (χ4v) is 2.85. The predicted octanol–water partition coefficient (Wildman–Crippen LogP) is 3.02. The highest BCUT2D eigenvalue weighted by Gasteiger charge is 2.43. The number of allylic oxidation sites excluding steroid dienone is 1. The number of rotatable bonds is 7. The Labute approximate surface area is 127 Å². The average Bonchev–Trinajstić information content (AvgIpc) is 2.47. The Bertz CT molecular complexity index is 374. The zero-order valence-electron chi connectivity index (χ0n) is 13.2. The number of carboxylic acid groups (broad SMARTS) is 1. The quantitative estimate of drug-likeness (QED) is 0.560. The van der Waals surface area contributed by atoms with Crippen LogP contribution in [-0.4, -0.2) is 41.1 Å². The number of hydrogen-bond acceptors (Lipinski definition) is 2. The van der Waals surface area contributed by atoms with Gasteiger partial charge in [-0.3, -0.25) is 0 Å². The molecule has 0 radical (unpaired) electrons. The van der Waals surface area contributed by atoms with Gasteiger partial charge in [-0.05, 0) is 44.4 Å². The van der Waals surface area contributed by atoms with Crippen LogP contribution in [0, 0.1) is 5.92 Å². The Morgan fingerprint density at radius 2 is 2.05 bits per heavy atom. The van der Waals surface area contributed by atoms with E-state index in [-0.39, 0.29) is 6.03 Å². The van der Waals surface area contributed by atoms with Crippen molar-refractivity contribution in [3.8, 4) is 0 Å². The van der Waals surface area contributed by atoms with Gasteiger partial charge >= 0.3 is 12.0 Å². The topological polar surface area (TPSA) is 69.6 Å². The van der Waals surface area contributed by atoms with E-state index < -0.39 is 11.5 Å². The third-order valence-electron chi connectivity index (χ3n) is 4.54. The van der Waals surface area contributed by atoms with E-state index in [0.29, 0.717) is 25.3 Å². The number of carboxylic acids is 1. The van der Waals surface area contributed by atoms with Crippen molar-refractivity contribution in [1.29, 1.82) is 0 Å². The molecule has 2 amide bonds. The monoisotopic (exact) mass is 296 g/mol. The van der Waals surface area contributed by atoms with Gasteiger partial charge in [0, 0.05) is 13.6 Å². The molecule has 5 heteroatoms. The van der Waals surface area contributed by atoms with Crippen LogP contribution in [0.4, 0.5) is 4.79 Å². The van der Waals surface area contributed by atoms with Crippen LogP contribution in [0.15, 0.2) is 12.7 Å². The van der Waals surface area contributed by atoms with Crippen molar-refractivity contribution in [2.24, 2.45) is 5.92 Å². The normalized spacial score (nSPS) is 25.1. The summed E-state index contributed by atoms with van der Waals surface area (Å²) in [6.45, 7) is 6.38. The lowest BCUT2D eigenvalue weighted by molar-refractivity contribution is -0.146. The van der Waals surface area contributed by atoms with Gasteiger partial charge in [-0.15, -0.1) is 6.58 Å². The zero-order chi connectivity index (χ0) is 15.9. The molecule has 0 heterocycles. The van der Waals surface area contributed by atoms with E-state index in [4.69, 9.17) is 0 Å². The van der Waals surface area contributed by atoms with E-state index in [1.807, 2.05) is 6.08 Å². The Hall–Kier alpha value is -1.52. The molecule has 21 heavy (non-hydrogen) atoms. The van der Waals surface area contributed by atoms with Crippen LogP contribution in [0.3, 0.4) is 0 Å². The molecule has 2 N–H and O–H groups in total. The fourth-order valence-electron chi connectivity index (χ4n) is 2.85. The second-order valence-corrected chi connectivity index (χ2v) is 6.02. The molecule has 0 atom stereocenters. The highest BCUT2D eigenvalue weighted by atomic mass is 16.4. The molecule has 1 aliphatic carbocycles. The molecule has 120 valence electrons. The van der Waals surface area contributed by atoms with Gasteiger partial charge < -0.3 is 15.3 Å². The number of carbonyl (C=O) groups is 2. The third kappa shape index (κ3) is 4.76. The molecule has 1 saturated carbocycles. The average molecular weight is 296 g/mol. The second-order valence-electron chi connectivity index (χ2n) is 6.02. The Balaban J connectivity index is 2.60. The first-order valence-electron chi connectivity index (χ1n) is 7.82. The summed E-state index contributed by atoms with van der Waals surface area (Å²) in [7, 11) is 1.70. The Kier molecular flexibility index (Phi) is 6.72. The van der Waals surface area contributed by atoms with Crippen LogP contribution in [0.1, 0.15) is 51.9 Å². The first kappa shape index (κ1) is 17.5. The van der Waals surface area contributed by atoms with Gasteiger partial charge in [-0.2, -0.15) is 0 Å². The number of unbranched alkanes of at least 4 members (excludes halogenated alkanes) is 1.